The van der Waals surface area contributed by atoms with E-state index in [4.69, 9.17) is 0 Å². The third-order valence-corrected chi connectivity index (χ3v) is 4.16. The van der Waals surface area contributed by atoms with Crippen LogP contribution >= 0.6 is 0 Å². The minimum atomic E-state index is -0.695. The van der Waals surface area contributed by atoms with Gasteiger partial charge in [0.25, 0.3) is 0 Å². The number of piperidine rings is 1. The molecule has 1 unspecified atom stereocenters. The molecule has 1 aliphatic heterocycles. The van der Waals surface area contributed by atoms with Crippen LogP contribution in [0, 0.1) is 11.8 Å². The molecule has 0 aliphatic carbocycles. The molecule has 1 heterocycles. The van der Waals surface area contributed by atoms with Gasteiger partial charge in [-0.1, -0.05) is 13.3 Å². The highest BCUT2D eigenvalue weighted by Gasteiger charge is 2.47. The van der Waals surface area contributed by atoms with Crippen LogP contribution in [0.5, 0.6) is 0 Å². The molecule has 1 aliphatic rings. The van der Waals surface area contributed by atoms with Crippen LogP contribution in [0.15, 0.2) is 0 Å². The van der Waals surface area contributed by atoms with Crippen LogP contribution in [-0.2, 0) is 4.79 Å². The zero-order valence-corrected chi connectivity index (χ0v) is 12.2. The number of hydrogen-bond donors (Lipinski definition) is 2. The molecule has 1 fully saturated rings. The number of nitrogens with zero attached hydrogens (tertiary/aromatic N) is 1. The van der Waals surface area contributed by atoms with E-state index in [1.54, 1.807) is 0 Å². The van der Waals surface area contributed by atoms with E-state index in [9.17, 15) is 15.1 Å². The SMILES string of the molecule is CCCC(C(=O)O)C1CC(C)(C)N(O)C(C)(C)C1. The molecule has 0 saturated carbocycles. The number of rotatable bonds is 4. The summed E-state index contributed by atoms with van der Waals surface area (Å²) in [6.45, 7) is 9.93. The van der Waals surface area contributed by atoms with Crippen molar-refractivity contribution in [1.82, 2.24) is 5.06 Å². The third kappa shape index (κ3) is 3.04. The van der Waals surface area contributed by atoms with Gasteiger partial charge in [0.1, 0.15) is 0 Å². The fourth-order valence-corrected chi connectivity index (χ4v) is 3.50. The molecule has 106 valence electrons. The summed E-state index contributed by atoms with van der Waals surface area (Å²) in [6, 6.07) is 0. The zero-order chi connectivity index (χ0) is 14.1. The van der Waals surface area contributed by atoms with Crippen LogP contribution < -0.4 is 0 Å². The molecule has 0 radical (unpaired) electrons. The maximum absolute atomic E-state index is 11.4. The van der Waals surface area contributed by atoms with Gasteiger partial charge in [-0.15, -0.1) is 0 Å². The van der Waals surface area contributed by atoms with Crippen LogP contribution in [0.1, 0.15) is 60.3 Å². The molecular formula is C14H27NO3. The van der Waals surface area contributed by atoms with Crippen LogP contribution in [0.4, 0.5) is 0 Å². The topological polar surface area (TPSA) is 60.8 Å². The van der Waals surface area contributed by atoms with Gasteiger partial charge >= 0.3 is 5.97 Å². The summed E-state index contributed by atoms with van der Waals surface area (Å²) in [4.78, 5) is 11.4. The zero-order valence-electron chi connectivity index (χ0n) is 12.2. The van der Waals surface area contributed by atoms with Gasteiger partial charge in [-0.25, -0.2) is 0 Å². The Kier molecular flexibility index (Phi) is 4.44. The van der Waals surface area contributed by atoms with E-state index < -0.39 is 5.97 Å². The predicted octanol–water partition coefficient (Wildman–Crippen LogP) is 3.15. The molecule has 1 rings (SSSR count). The second-order valence-corrected chi connectivity index (χ2v) is 6.84. The summed E-state index contributed by atoms with van der Waals surface area (Å²) in [5.74, 6) is -0.849. The van der Waals surface area contributed by atoms with Crippen molar-refractivity contribution in [2.45, 2.75) is 71.4 Å². The molecule has 4 heteroatoms. The highest BCUT2D eigenvalue weighted by atomic mass is 16.5. The fourth-order valence-electron chi connectivity index (χ4n) is 3.50. The van der Waals surface area contributed by atoms with Crippen molar-refractivity contribution in [3.63, 3.8) is 0 Å². The van der Waals surface area contributed by atoms with E-state index in [0.717, 1.165) is 25.7 Å². The lowest BCUT2D eigenvalue weighted by molar-refractivity contribution is -0.254. The molecule has 0 aromatic rings. The molecule has 0 amide bonds. The standard InChI is InChI=1S/C14H27NO3/c1-6-7-11(12(16)17)10-8-13(2,3)15(18)14(4,5)9-10/h10-11,18H,6-9H2,1-5H3,(H,16,17). The van der Waals surface area contributed by atoms with Crippen molar-refractivity contribution >= 4 is 5.97 Å². The van der Waals surface area contributed by atoms with Crippen LogP contribution in [0.2, 0.25) is 0 Å². The second-order valence-electron chi connectivity index (χ2n) is 6.84. The summed E-state index contributed by atoms with van der Waals surface area (Å²) in [6.07, 6.45) is 3.06. The molecule has 1 saturated heterocycles. The van der Waals surface area contributed by atoms with Gasteiger partial charge in [-0.05, 0) is 52.9 Å². The molecule has 18 heavy (non-hydrogen) atoms. The Morgan fingerprint density at radius 1 is 1.28 bits per heavy atom. The Morgan fingerprint density at radius 3 is 2.06 bits per heavy atom. The number of hydrogen-bond acceptors (Lipinski definition) is 3. The first-order chi connectivity index (χ1) is 8.12. The minimum Gasteiger partial charge on any atom is -0.481 e. The highest BCUT2D eigenvalue weighted by Crippen LogP contribution is 2.43. The molecule has 0 spiro atoms. The van der Waals surface area contributed by atoms with Crippen molar-refractivity contribution in [3.8, 4) is 0 Å². The fraction of sp³-hybridized carbons (Fsp3) is 0.929. The van der Waals surface area contributed by atoms with Gasteiger partial charge in [0.2, 0.25) is 0 Å². The van der Waals surface area contributed by atoms with Gasteiger partial charge < -0.3 is 10.3 Å². The Labute approximate surface area is 110 Å². The average molecular weight is 257 g/mol. The van der Waals surface area contributed by atoms with Crippen molar-refractivity contribution in [1.29, 1.82) is 0 Å². The second kappa shape index (κ2) is 5.17. The van der Waals surface area contributed by atoms with E-state index in [0.29, 0.717) is 0 Å². The lowest BCUT2D eigenvalue weighted by Crippen LogP contribution is -2.60. The van der Waals surface area contributed by atoms with Gasteiger partial charge in [0.05, 0.1) is 5.92 Å². The number of hydroxylamine groups is 2. The molecule has 2 N–H and O–H groups in total. The highest BCUT2D eigenvalue weighted by molar-refractivity contribution is 5.70. The van der Waals surface area contributed by atoms with Crippen molar-refractivity contribution < 1.29 is 15.1 Å². The Morgan fingerprint density at radius 2 is 1.72 bits per heavy atom. The summed E-state index contributed by atoms with van der Waals surface area (Å²) in [5, 5.41) is 21.0. The lowest BCUT2D eigenvalue weighted by Gasteiger charge is -2.52. The third-order valence-electron chi connectivity index (χ3n) is 4.16. The average Bonchev–Trinajstić information content (AvgIpc) is 2.21. The molecule has 4 nitrogen and oxygen atoms in total. The first-order valence-corrected chi connectivity index (χ1v) is 6.84. The van der Waals surface area contributed by atoms with Crippen molar-refractivity contribution in [2.75, 3.05) is 0 Å². The van der Waals surface area contributed by atoms with Crippen molar-refractivity contribution in [2.24, 2.45) is 11.8 Å². The first kappa shape index (κ1) is 15.4. The number of carbonyl (C=O) groups is 1. The van der Waals surface area contributed by atoms with Gasteiger partial charge in [0.15, 0.2) is 0 Å². The monoisotopic (exact) mass is 257 g/mol. The van der Waals surface area contributed by atoms with E-state index in [-0.39, 0.29) is 22.9 Å². The van der Waals surface area contributed by atoms with Crippen LogP contribution in [-0.4, -0.2) is 32.4 Å². The number of carboxylic acid groups (broad SMARTS) is 1. The van der Waals surface area contributed by atoms with E-state index in [1.165, 1.54) is 5.06 Å². The first-order valence-electron chi connectivity index (χ1n) is 6.84. The van der Waals surface area contributed by atoms with Gasteiger partial charge in [0, 0.05) is 11.1 Å². The predicted molar refractivity (Wildman–Crippen MR) is 70.5 cm³/mol. The summed E-state index contributed by atoms with van der Waals surface area (Å²) in [5.41, 5.74) is -0.734. The van der Waals surface area contributed by atoms with E-state index in [2.05, 4.69) is 0 Å². The van der Waals surface area contributed by atoms with Crippen LogP contribution in [0.25, 0.3) is 0 Å². The number of carboxylic acids is 1. The van der Waals surface area contributed by atoms with Gasteiger partial charge in [-0.3, -0.25) is 4.79 Å². The maximum atomic E-state index is 11.4. The molecule has 0 bridgehead atoms. The summed E-state index contributed by atoms with van der Waals surface area (Å²) < 4.78 is 0. The lowest BCUT2D eigenvalue weighted by atomic mass is 9.69. The molecular weight excluding hydrogens is 230 g/mol. The minimum absolute atomic E-state index is 0.135. The van der Waals surface area contributed by atoms with E-state index in [1.807, 2.05) is 34.6 Å². The Balaban J connectivity index is 2.94. The summed E-state index contributed by atoms with van der Waals surface area (Å²) >= 11 is 0. The Bertz CT molecular complexity index is 294. The normalized spacial score (nSPS) is 25.9. The number of aliphatic carboxylic acids is 1. The van der Waals surface area contributed by atoms with Crippen molar-refractivity contribution in [3.05, 3.63) is 0 Å². The summed E-state index contributed by atoms with van der Waals surface area (Å²) in [7, 11) is 0. The van der Waals surface area contributed by atoms with Gasteiger partial charge in [-0.2, -0.15) is 5.06 Å². The molecule has 0 aromatic heterocycles. The van der Waals surface area contributed by atoms with Crippen LogP contribution in [0.3, 0.4) is 0 Å². The quantitative estimate of drug-likeness (QED) is 0.812. The Hall–Kier alpha value is -0.610. The smallest absolute Gasteiger partial charge is 0.306 e. The van der Waals surface area contributed by atoms with E-state index >= 15 is 0 Å². The maximum Gasteiger partial charge on any atom is 0.306 e. The largest absolute Gasteiger partial charge is 0.481 e. The molecule has 1 atom stereocenters. The molecule has 0 aromatic carbocycles.